The van der Waals surface area contributed by atoms with Gasteiger partial charge in [0.05, 0.1) is 5.69 Å². The van der Waals surface area contributed by atoms with Crippen LogP contribution >= 0.6 is 0 Å². The van der Waals surface area contributed by atoms with Gasteiger partial charge in [0.1, 0.15) is 18.3 Å². The van der Waals surface area contributed by atoms with Crippen LogP contribution in [0.4, 0.5) is 0 Å². The summed E-state index contributed by atoms with van der Waals surface area (Å²) >= 11 is 0. The highest BCUT2D eigenvalue weighted by Crippen LogP contribution is 2.14. The zero-order valence-electron chi connectivity index (χ0n) is 10.7. The molecule has 5 nitrogen and oxygen atoms in total. The summed E-state index contributed by atoms with van der Waals surface area (Å²) < 4.78 is 1.84. The van der Waals surface area contributed by atoms with Crippen molar-refractivity contribution in [2.75, 3.05) is 0 Å². The number of rotatable bonds is 5. The third kappa shape index (κ3) is 3.13. The Morgan fingerprint density at radius 1 is 1.28 bits per heavy atom. The Kier molecular flexibility index (Phi) is 4.04. The van der Waals surface area contributed by atoms with Crippen LogP contribution in [0, 0.1) is 5.92 Å². The van der Waals surface area contributed by atoms with E-state index in [-0.39, 0.29) is 0 Å². The Balaban J connectivity index is 2.08. The van der Waals surface area contributed by atoms with E-state index in [0.717, 1.165) is 12.4 Å². The van der Waals surface area contributed by atoms with Gasteiger partial charge in [0.2, 0.25) is 0 Å². The minimum atomic E-state index is -0.638. The van der Waals surface area contributed by atoms with Gasteiger partial charge in [-0.05, 0) is 18.1 Å². The van der Waals surface area contributed by atoms with E-state index in [2.05, 4.69) is 28.9 Å². The molecule has 2 aromatic heterocycles. The van der Waals surface area contributed by atoms with Crippen molar-refractivity contribution < 1.29 is 5.11 Å². The molecule has 0 aliphatic rings. The monoisotopic (exact) mass is 246 g/mol. The van der Waals surface area contributed by atoms with Crippen LogP contribution in [0.3, 0.4) is 0 Å². The van der Waals surface area contributed by atoms with E-state index in [9.17, 15) is 5.11 Å². The molecular weight excluding hydrogens is 228 g/mol. The maximum Gasteiger partial charge on any atom is 0.138 e. The van der Waals surface area contributed by atoms with Crippen molar-refractivity contribution in [1.29, 1.82) is 0 Å². The van der Waals surface area contributed by atoms with Crippen LogP contribution in [-0.4, -0.2) is 24.9 Å². The standard InChI is InChI=1S/C13H18N4O/c1-10(2)8-17-13(15-9-16-17)7-12(18)11-5-3-4-6-14-11/h3-6,9-10,12,18H,7-8H2,1-2H3. The molecule has 18 heavy (non-hydrogen) atoms. The van der Waals surface area contributed by atoms with Crippen molar-refractivity contribution in [3.05, 3.63) is 42.2 Å². The SMILES string of the molecule is CC(C)Cn1ncnc1CC(O)c1ccccn1. The van der Waals surface area contributed by atoms with Crippen molar-refractivity contribution in [1.82, 2.24) is 19.7 Å². The first-order chi connectivity index (χ1) is 8.66. The van der Waals surface area contributed by atoms with E-state index in [1.807, 2.05) is 22.9 Å². The lowest BCUT2D eigenvalue weighted by Gasteiger charge is -2.12. The van der Waals surface area contributed by atoms with Crippen molar-refractivity contribution >= 4 is 0 Å². The molecular formula is C13H18N4O. The predicted octanol–water partition coefficient (Wildman–Crippen LogP) is 1.61. The molecule has 2 rings (SSSR count). The average molecular weight is 246 g/mol. The molecule has 2 heterocycles. The van der Waals surface area contributed by atoms with Crippen LogP contribution in [0.25, 0.3) is 0 Å². The molecule has 0 radical (unpaired) electrons. The van der Waals surface area contributed by atoms with E-state index < -0.39 is 6.10 Å². The Morgan fingerprint density at radius 3 is 2.78 bits per heavy atom. The Hall–Kier alpha value is -1.75. The van der Waals surface area contributed by atoms with E-state index in [1.165, 1.54) is 6.33 Å². The molecule has 5 heteroatoms. The third-order valence-electron chi connectivity index (χ3n) is 2.64. The van der Waals surface area contributed by atoms with Crippen LogP contribution in [0.5, 0.6) is 0 Å². The van der Waals surface area contributed by atoms with Gasteiger partial charge in [-0.1, -0.05) is 19.9 Å². The summed E-state index contributed by atoms with van der Waals surface area (Å²) in [6, 6.07) is 5.51. The van der Waals surface area contributed by atoms with Gasteiger partial charge < -0.3 is 5.11 Å². The summed E-state index contributed by atoms with van der Waals surface area (Å²) in [4.78, 5) is 8.34. The highest BCUT2D eigenvalue weighted by atomic mass is 16.3. The van der Waals surface area contributed by atoms with Gasteiger partial charge in [0.25, 0.3) is 0 Å². The molecule has 0 fully saturated rings. The number of nitrogens with zero attached hydrogens (tertiary/aromatic N) is 4. The lowest BCUT2D eigenvalue weighted by atomic mass is 10.1. The largest absolute Gasteiger partial charge is 0.386 e. The number of hydrogen-bond acceptors (Lipinski definition) is 4. The first-order valence-corrected chi connectivity index (χ1v) is 6.12. The fourth-order valence-corrected chi connectivity index (χ4v) is 1.80. The molecule has 0 saturated carbocycles. The molecule has 1 unspecified atom stereocenters. The van der Waals surface area contributed by atoms with Gasteiger partial charge in [0, 0.05) is 19.2 Å². The number of aliphatic hydroxyl groups is 1. The lowest BCUT2D eigenvalue weighted by Crippen LogP contribution is -2.13. The highest BCUT2D eigenvalue weighted by molar-refractivity contribution is 5.08. The molecule has 0 amide bonds. The number of aliphatic hydroxyl groups excluding tert-OH is 1. The number of pyridine rings is 1. The molecule has 0 spiro atoms. The van der Waals surface area contributed by atoms with Crippen LogP contribution in [0.1, 0.15) is 31.5 Å². The lowest BCUT2D eigenvalue weighted by molar-refractivity contribution is 0.168. The molecule has 2 aromatic rings. The zero-order chi connectivity index (χ0) is 13.0. The van der Waals surface area contributed by atoms with Gasteiger partial charge in [-0.3, -0.25) is 4.98 Å². The summed E-state index contributed by atoms with van der Waals surface area (Å²) in [5.41, 5.74) is 0.664. The minimum absolute atomic E-state index is 0.434. The van der Waals surface area contributed by atoms with Crippen molar-refractivity contribution in [2.45, 2.75) is 32.9 Å². The van der Waals surface area contributed by atoms with Gasteiger partial charge in [-0.15, -0.1) is 0 Å². The number of aromatic nitrogens is 4. The summed E-state index contributed by atoms with van der Waals surface area (Å²) in [5, 5.41) is 14.3. The molecule has 0 saturated heterocycles. The van der Waals surface area contributed by atoms with Gasteiger partial charge >= 0.3 is 0 Å². The fraction of sp³-hybridized carbons (Fsp3) is 0.462. The second kappa shape index (κ2) is 5.73. The molecule has 0 bridgehead atoms. The average Bonchev–Trinajstić information content (AvgIpc) is 2.77. The fourth-order valence-electron chi connectivity index (χ4n) is 1.80. The normalized spacial score (nSPS) is 12.9. The summed E-state index contributed by atoms with van der Waals surface area (Å²) in [6.45, 7) is 5.06. The van der Waals surface area contributed by atoms with Crippen molar-refractivity contribution in [3.63, 3.8) is 0 Å². The third-order valence-corrected chi connectivity index (χ3v) is 2.64. The second-order valence-electron chi connectivity index (χ2n) is 4.73. The van der Waals surface area contributed by atoms with E-state index in [0.29, 0.717) is 18.0 Å². The molecule has 0 aliphatic carbocycles. The molecule has 0 aromatic carbocycles. The molecule has 96 valence electrons. The van der Waals surface area contributed by atoms with E-state index >= 15 is 0 Å². The maximum atomic E-state index is 10.1. The minimum Gasteiger partial charge on any atom is -0.386 e. The van der Waals surface area contributed by atoms with E-state index in [1.54, 1.807) is 6.20 Å². The summed E-state index contributed by atoms with van der Waals surface area (Å²) in [7, 11) is 0. The number of hydrogen-bond donors (Lipinski definition) is 1. The van der Waals surface area contributed by atoms with Gasteiger partial charge in [-0.2, -0.15) is 5.10 Å². The molecule has 1 N–H and O–H groups in total. The first-order valence-electron chi connectivity index (χ1n) is 6.12. The molecule has 0 aliphatic heterocycles. The van der Waals surface area contributed by atoms with Crippen LogP contribution in [0.2, 0.25) is 0 Å². The summed E-state index contributed by atoms with van der Waals surface area (Å²) in [5.74, 6) is 1.29. The van der Waals surface area contributed by atoms with Gasteiger partial charge in [0.15, 0.2) is 0 Å². The van der Waals surface area contributed by atoms with Crippen molar-refractivity contribution in [3.8, 4) is 0 Å². The van der Waals surface area contributed by atoms with Crippen molar-refractivity contribution in [2.24, 2.45) is 5.92 Å². The van der Waals surface area contributed by atoms with Crippen LogP contribution < -0.4 is 0 Å². The Labute approximate surface area is 107 Å². The summed E-state index contributed by atoms with van der Waals surface area (Å²) in [6.07, 6.45) is 3.01. The Bertz CT molecular complexity index is 481. The van der Waals surface area contributed by atoms with Crippen LogP contribution in [-0.2, 0) is 13.0 Å². The van der Waals surface area contributed by atoms with Gasteiger partial charge in [-0.25, -0.2) is 9.67 Å². The predicted molar refractivity (Wildman–Crippen MR) is 67.8 cm³/mol. The topological polar surface area (TPSA) is 63.8 Å². The van der Waals surface area contributed by atoms with Crippen LogP contribution in [0.15, 0.2) is 30.7 Å². The maximum absolute atomic E-state index is 10.1. The first kappa shape index (κ1) is 12.7. The smallest absolute Gasteiger partial charge is 0.138 e. The second-order valence-corrected chi connectivity index (χ2v) is 4.73. The van der Waals surface area contributed by atoms with E-state index in [4.69, 9.17) is 0 Å². The molecule has 1 atom stereocenters. The Morgan fingerprint density at radius 2 is 2.11 bits per heavy atom. The quantitative estimate of drug-likeness (QED) is 0.870. The zero-order valence-corrected chi connectivity index (χ0v) is 10.7. The highest BCUT2D eigenvalue weighted by Gasteiger charge is 2.14.